The van der Waals surface area contributed by atoms with Crippen molar-refractivity contribution in [3.63, 3.8) is 0 Å². The lowest BCUT2D eigenvalue weighted by Gasteiger charge is -2.18. The minimum atomic E-state index is -0.773. The Bertz CT molecular complexity index is 1140. The first-order chi connectivity index (χ1) is 33.5. The lowest BCUT2D eigenvalue weighted by atomic mass is 10.0. The molecule has 0 saturated heterocycles. The Balaban J connectivity index is 4.34. The molecule has 0 N–H and O–H groups in total. The molecule has 0 aliphatic rings. The fourth-order valence-electron chi connectivity index (χ4n) is 8.82. The number of hydrogen-bond acceptors (Lipinski definition) is 6. The van der Waals surface area contributed by atoms with E-state index < -0.39 is 6.10 Å². The van der Waals surface area contributed by atoms with Gasteiger partial charge < -0.3 is 14.2 Å². The number of carbonyl (C=O) groups is 3. The summed E-state index contributed by atoms with van der Waals surface area (Å²) in [5.41, 5.74) is 0. The third-order valence-corrected chi connectivity index (χ3v) is 13.4. The standard InChI is InChI=1S/C62H114O6/c1-4-7-10-13-16-19-22-25-28-30-31-33-34-37-40-43-46-49-52-55-61(64)67-58-59(57-66-60(63)54-51-48-45-42-39-36-27-24-21-18-15-12-9-6-3)68-62(65)56-53-50-47-44-41-38-35-32-29-26-23-20-17-14-11-8-5-2/h16,19,25-26,28-29,59H,4-15,17-18,20-24,27,30-58H2,1-3H3/b19-16-,28-25-,29-26-. The topological polar surface area (TPSA) is 78.9 Å². The van der Waals surface area contributed by atoms with Gasteiger partial charge in [0, 0.05) is 19.3 Å². The van der Waals surface area contributed by atoms with Crippen LogP contribution < -0.4 is 0 Å². The van der Waals surface area contributed by atoms with Crippen LogP contribution in [0.25, 0.3) is 0 Å². The number of allylic oxidation sites excluding steroid dienone is 6. The summed E-state index contributed by atoms with van der Waals surface area (Å²) in [6.45, 7) is 6.65. The van der Waals surface area contributed by atoms with Gasteiger partial charge in [-0.15, -0.1) is 0 Å². The quantitative estimate of drug-likeness (QED) is 0.0262. The van der Waals surface area contributed by atoms with Crippen LogP contribution in [-0.2, 0) is 28.6 Å². The first kappa shape index (κ1) is 65.6. The number of esters is 3. The molecule has 1 unspecified atom stereocenters. The molecular formula is C62H114O6. The maximum absolute atomic E-state index is 12.9. The van der Waals surface area contributed by atoms with Crippen molar-refractivity contribution in [1.82, 2.24) is 0 Å². The number of carbonyl (C=O) groups excluding carboxylic acids is 3. The average Bonchev–Trinajstić information content (AvgIpc) is 3.34. The predicted octanol–water partition coefficient (Wildman–Crippen LogP) is 20.0. The average molecular weight is 956 g/mol. The number of hydrogen-bond donors (Lipinski definition) is 0. The third-order valence-electron chi connectivity index (χ3n) is 13.4. The number of rotatable bonds is 55. The lowest BCUT2D eigenvalue weighted by molar-refractivity contribution is -0.167. The van der Waals surface area contributed by atoms with Crippen LogP contribution in [0.2, 0.25) is 0 Å². The van der Waals surface area contributed by atoms with Crippen molar-refractivity contribution in [3.8, 4) is 0 Å². The van der Waals surface area contributed by atoms with Gasteiger partial charge in [0.2, 0.25) is 0 Å². The molecule has 0 aromatic rings. The van der Waals surface area contributed by atoms with Crippen molar-refractivity contribution in [3.05, 3.63) is 36.5 Å². The smallest absolute Gasteiger partial charge is 0.306 e. The molecule has 0 aromatic heterocycles. The van der Waals surface area contributed by atoms with Gasteiger partial charge in [0.15, 0.2) is 6.10 Å². The molecule has 6 nitrogen and oxygen atoms in total. The zero-order valence-electron chi connectivity index (χ0n) is 45.6. The van der Waals surface area contributed by atoms with E-state index in [1.165, 1.54) is 218 Å². The van der Waals surface area contributed by atoms with E-state index in [4.69, 9.17) is 14.2 Å². The van der Waals surface area contributed by atoms with Crippen LogP contribution in [0.4, 0.5) is 0 Å². The minimum Gasteiger partial charge on any atom is -0.462 e. The van der Waals surface area contributed by atoms with E-state index in [9.17, 15) is 14.4 Å². The first-order valence-corrected chi connectivity index (χ1v) is 30.0. The second-order valence-corrected chi connectivity index (χ2v) is 20.3. The van der Waals surface area contributed by atoms with E-state index in [0.29, 0.717) is 19.3 Å². The predicted molar refractivity (Wildman–Crippen MR) is 293 cm³/mol. The highest BCUT2D eigenvalue weighted by atomic mass is 16.6. The summed E-state index contributed by atoms with van der Waals surface area (Å²) in [7, 11) is 0. The molecular weight excluding hydrogens is 841 g/mol. The van der Waals surface area contributed by atoms with Crippen molar-refractivity contribution in [2.24, 2.45) is 0 Å². The summed E-state index contributed by atoms with van der Waals surface area (Å²) in [5.74, 6) is -0.860. The maximum Gasteiger partial charge on any atom is 0.306 e. The highest BCUT2D eigenvalue weighted by Crippen LogP contribution is 2.16. The van der Waals surface area contributed by atoms with Crippen molar-refractivity contribution < 1.29 is 28.6 Å². The van der Waals surface area contributed by atoms with Gasteiger partial charge in [0.25, 0.3) is 0 Å². The SMILES string of the molecule is CCCCC/C=C\C/C=C\CCCCCCCCCCCC(=O)OCC(COC(=O)CCCCCCCCCCCCCCCC)OC(=O)CCCCCCCCC/C=C\CCCCCCCC. The fourth-order valence-corrected chi connectivity index (χ4v) is 8.82. The minimum absolute atomic E-state index is 0.0712. The Morgan fingerprint density at radius 1 is 0.294 bits per heavy atom. The van der Waals surface area contributed by atoms with Gasteiger partial charge in [0.1, 0.15) is 13.2 Å². The molecule has 6 heteroatoms. The summed E-state index contributed by atoms with van der Waals surface area (Å²) in [4.78, 5) is 38.2. The second kappa shape index (κ2) is 57.2. The summed E-state index contributed by atoms with van der Waals surface area (Å²) in [6, 6.07) is 0. The molecule has 0 aliphatic heterocycles. The van der Waals surface area contributed by atoms with Gasteiger partial charge in [0.05, 0.1) is 0 Å². The zero-order chi connectivity index (χ0) is 49.3. The van der Waals surface area contributed by atoms with E-state index in [-0.39, 0.29) is 31.1 Å². The Labute approximate surface area is 423 Å². The van der Waals surface area contributed by atoms with Gasteiger partial charge in [-0.3, -0.25) is 14.4 Å². The van der Waals surface area contributed by atoms with Crippen LogP contribution in [0.15, 0.2) is 36.5 Å². The van der Waals surface area contributed by atoms with E-state index in [1.54, 1.807) is 0 Å². The maximum atomic E-state index is 12.9. The third kappa shape index (κ3) is 54.6. The summed E-state index contributed by atoms with van der Waals surface area (Å²) in [5, 5.41) is 0. The summed E-state index contributed by atoms with van der Waals surface area (Å²) >= 11 is 0. The molecule has 0 bridgehead atoms. The molecule has 0 amide bonds. The Morgan fingerprint density at radius 3 is 0.853 bits per heavy atom. The van der Waals surface area contributed by atoms with Gasteiger partial charge in [-0.05, 0) is 77.0 Å². The summed E-state index contributed by atoms with van der Waals surface area (Å²) in [6.07, 6.45) is 68.4. The Morgan fingerprint density at radius 2 is 0.529 bits per heavy atom. The molecule has 68 heavy (non-hydrogen) atoms. The van der Waals surface area contributed by atoms with Gasteiger partial charge in [-0.25, -0.2) is 0 Å². The van der Waals surface area contributed by atoms with Crippen molar-refractivity contribution in [2.75, 3.05) is 13.2 Å². The van der Waals surface area contributed by atoms with Crippen LogP contribution in [0.1, 0.15) is 323 Å². The van der Waals surface area contributed by atoms with Gasteiger partial charge >= 0.3 is 17.9 Å². The molecule has 0 fully saturated rings. The molecule has 1 atom stereocenters. The van der Waals surface area contributed by atoms with Crippen LogP contribution >= 0.6 is 0 Å². The van der Waals surface area contributed by atoms with E-state index >= 15 is 0 Å². The van der Waals surface area contributed by atoms with Crippen LogP contribution in [0.5, 0.6) is 0 Å². The Kier molecular flexibility index (Phi) is 55.2. The summed E-state index contributed by atoms with van der Waals surface area (Å²) < 4.78 is 16.9. The zero-order valence-corrected chi connectivity index (χ0v) is 45.6. The van der Waals surface area contributed by atoms with Crippen LogP contribution in [0, 0.1) is 0 Å². The molecule has 398 valence electrons. The molecule has 0 saturated carbocycles. The fraction of sp³-hybridized carbons (Fsp3) is 0.855. The molecule has 0 spiro atoms. The highest BCUT2D eigenvalue weighted by molar-refractivity contribution is 5.71. The van der Waals surface area contributed by atoms with Crippen LogP contribution in [0.3, 0.4) is 0 Å². The Hall–Kier alpha value is -2.37. The van der Waals surface area contributed by atoms with Crippen molar-refractivity contribution >= 4 is 17.9 Å². The van der Waals surface area contributed by atoms with E-state index in [1.807, 2.05) is 0 Å². The van der Waals surface area contributed by atoms with Gasteiger partial charge in [-0.2, -0.15) is 0 Å². The van der Waals surface area contributed by atoms with Crippen molar-refractivity contribution in [2.45, 2.75) is 329 Å². The number of unbranched alkanes of at least 4 members (excludes halogenated alkanes) is 38. The molecule has 0 radical (unpaired) electrons. The van der Waals surface area contributed by atoms with E-state index in [0.717, 1.165) is 64.2 Å². The number of ether oxygens (including phenoxy) is 3. The molecule has 0 aliphatic carbocycles. The lowest BCUT2D eigenvalue weighted by Crippen LogP contribution is -2.30. The van der Waals surface area contributed by atoms with Gasteiger partial charge in [-0.1, -0.05) is 263 Å². The van der Waals surface area contributed by atoms with Crippen molar-refractivity contribution in [1.29, 1.82) is 0 Å². The first-order valence-electron chi connectivity index (χ1n) is 30.0. The molecule has 0 heterocycles. The molecule has 0 aromatic carbocycles. The monoisotopic (exact) mass is 955 g/mol. The second-order valence-electron chi connectivity index (χ2n) is 20.3. The van der Waals surface area contributed by atoms with E-state index in [2.05, 4.69) is 57.2 Å². The molecule has 0 rings (SSSR count). The normalized spacial score (nSPS) is 12.2. The van der Waals surface area contributed by atoms with Crippen LogP contribution in [-0.4, -0.2) is 37.2 Å². The highest BCUT2D eigenvalue weighted by Gasteiger charge is 2.19. The largest absolute Gasteiger partial charge is 0.462 e.